The highest BCUT2D eigenvalue weighted by atomic mass is 79.9. The van der Waals surface area contributed by atoms with Crippen LogP contribution in [0.3, 0.4) is 0 Å². The number of benzene rings is 2. The molecule has 0 fully saturated rings. The molecular weight excluding hydrogens is 444 g/mol. The van der Waals surface area contributed by atoms with Gasteiger partial charge in [-0.15, -0.1) is 0 Å². The van der Waals surface area contributed by atoms with Crippen molar-refractivity contribution in [1.29, 1.82) is 0 Å². The Bertz CT molecular complexity index is 1130. The quantitative estimate of drug-likeness (QED) is 0.335. The minimum atomic E-state index is -0.839. The van der Waals surface area contributed by atoms with Gasteiger partial charge >= 0.3 is 11.8 Å². The third kappa shape index (κ3) is 5.04. The van der Waals surface area contributed by atoms with Crippen molar-refractivity contribution in [2.75, 3.05) is 5.32 Å². The van der Waals surface area contributed by atoms with Gasteiger partial charge in [0.2, 0.25) is 0 Å². The largest absolute Gasteiger partial charge is 0.329 e. The highest BCUT2D eigenvalue weighted by molar-refractivity contribution is 9.10. The SMILES string of the molecule is Cc1cc(C)cc(-n2c(C)cc(/C=N\NC(=O)C(=O)Nc3cccc(Br)c3)c2C)c1. The molecule has 0 aliphatic rings. The first-order chi connectivity index (χ1) is 14.2. The van der Waals surface area contributed by atoms with Crippen LogP contribution in [0.2, 0.25) is 0 Å². The van der Waals surface area contributed by atoms with Crippen molar-refractivity contribution in [3.63, 3.8) is 0 Å². The van der Waals surface area contributed by atoms with E-state index in [1.807, 2.05) is 26.0 Å². The molecule has 30 heavy (non-hydrogen) atoms. The molecule has 1 heterocycles. The molecule has 1 aromatic heterocycles. The van der Waals surface area contributed by atoms with Gasteiger partial charge < -0.3 is 9.88 Å². The summed E-state index contributed by atoms with van der Waals surface area (Å²) in [6, 6.07) is 15.4. The molecule has 0 radical (unpaired) electrons. The third-order valence-electron chi connectivity index (χ3n) is 4.59. The number of hydrogen-bond donors (Lipinski definition) is 2. The maximum absolute atomic E-state index is 12.0. The van der Waals surface area contributed by atoms with E-state index in [1.54, 1.807) is 24.4 Å². The average Bonchev–Trinajstić information content (AvgIpc) is 2.94. The summed E-state index contributed by atoms with van der Waals surface area (Å²) in [4.78, 5) is 24.0. The van der Waals surface area contributed by atoms with Gasteiger partial charge in [-0.05, 0) is 75.2 Å². The highest BCUT2D eigenvalue weighted by Gasteiger charge is 2.14. The van der Waals surface area contributed by atoms with Crippen LogP contribution in [0.4, 0.5) is 5.69 Å². The van der Waals surface area contributed by atoms with E-state index in [4.69, 9.17) is 0 Å². The summed E-state index contributed by atoms with van der Waals surface area (Å²) in [6.45, 7) is 8.16. The van der Waals surface area contributed by atoms with E-state index in [0.29, 0.717) is 5.69 Å². The Balaban J connectivity index is 1.70. The van der Waals surface area contributed by atoms with E-state index in [9.17, 15) is 9.59 Å². The van der Waals surface area contributed by atoms with Crippen LogP contribution >= 0.6 is 15.9 Å². The van der Waals surface area contributed by atoms with E-state index >= 15 is 0 Å². The maximum atomic E-state index is 12.0. The van der Waals surface area contributed by atoms with Crippen LogP contribution in [0.15, 0.2) is 58.1 Å². The summed E-state index contributed by atoms with van der Waals surface area (Å²) in [5, 5.41) is 6.49. The van der Waals surface area contributed by atoms with Gasteiger partial charge in [-0.1, -0.05) is 28.1 Å². The predicted molar refractivity (Wildman–Crippen MR) is 123 cm³/mol. The zero-order chi connectivity index (χ0) is 21.8. The smallest absolute Gasteiger partial charge is 0.318 e. The minimum absolute atomic E-state index is 0.519. The summed E-state index contributed by atoms with van der Waals surface area (Å²) in [7, 11) is 0. The molecule has 3 rings (SSSR count). The fourth-order valence-electron chi connectivity index (χ4n) is 3.36. The van der Waals surface area contributed by atoms with Crippen LogP contribution in [-0.2, 0) is 9.59 Å². The maximum Gasteiger partial charge on any atom is 0.329 e. The number of nitrogens with zero attached hydrogens (tertiary/aromatic N) is 2. The van der Waals surface area contributed by atoms with Gasteiger partial charge in [-0.25, -0.2) is 5.43 Å². The first kappa shape index (κ1) is 21.5. The molecule has 0 saturated heterocycles. The first-order valence-electron chi connectivity index (χ1n) is 9.42. The van der Waals surface area contributed by atoms with E-state index in [-0.39, 0.29) is 0 Å². The molecule has 7 heteroatoms. The van der Waals surface area contributed by atoms with Gasteiger partial charge in [0.05, 0.1) is 6.21 Å². The molecule has 0 spiro atoms. The zero-order valence-corrected chi connectivity index (χ0v) is 18.9. The van der Waals surface area contributed by atoms with Crippen molar-refractivity contribution in [3.8, 4) is 5.69 Å². The Morgan fingerprint density at radius 3 is 2.33 bits per heavy atom. The van der Waals surface area contributed by atoms with Gasteiger partial charge in [0.1, 0.15) is 0 Å². The number of hydrogen-bond acceptors (Lipinski definition) is 3. The molecule has 3 aromatic rings. The molecule has 0 saturated carbocycles. The zero-order valence-electron chi connectivity index (χ0n) is 17.3. The summed E-state index contributed by atoms with van der Waals surface area (Å²) < 4.78 is 2.95. The number of carbonyl (C=O) groups is 2. The second-order valence-electron chi connectivity index (χ2n) is 7.17. The Labute approximate surface area is 184 Å². The minimum Gasteiger partial charge on any atom is -0.318 e. The number of amides is 2. The first-order valence-corrected chi connectivity index (χ1v) is 10.2. The van der Waals surface area contributed by atoms with Crippen LogP contribution in [0.25, 0.3) is 5.69 Å². The summed E-state index contributed by atoms with van der Waals surface area (Å²) in [6.07, 6.45) is 1.55. The number of carbonyl (C=O) groups excluding carboxylic acids is 2. The van der Waals surface area contributed by atoms with Crippen LogP contribution in [0, 0.1) is 27.7 Å². The Kier molecular flexibility index (Phi) is 6.52. The summed E-state index contributed by atoms with van der Waals surface area (Å²) >= 11 is 3.32. The Morgan fingerprint density at radius 2 is 1.67 bits per heavy atom. The van der Waals surface area contributed by atoms with Gasteiger partial charge in [0, 0.05) is 32.8 Å². The van der Waals surface area contributed by atoms with Gasteiger partial charge in [0.25, 0.3) is 0 Å². The average molecular weight is 467 g/mol. The van der Waals surface area contributed by atoms with Gasteiger partial charge in [0.15, 0.2) is 0 Å². The molecule has 2 amide bonds. The molecule has 0 atom stereocenters. The molecule has 0 unspecified atom stereocenters. The number of aromatic nitrogens is 1. The Morgan fingerprint density at radius 1 is 0.967 bits per heavy atom. The predicted octanol–water partition coefficient (Wildman–Crippen LogP) is 4.56. The van der Waals surface area contributed by atoms with E-state index in [1.165, 1.54) is 11.1 Å². The van der Waals surface area contributed by atoms with Crippen LogP contribution in [-0.4, -0.2) is 22.6 Å². The second-order valence-corrected chi connectivity index (χ2v) is 8.09. The number of hydrazone groups is 1. The molecule has 2 N–H and O–H groups in total. The highest BCUT2D eigenvalue weighted by Crippen LogP contribution is 2.22. The molecule has 0 aliphatic carbocycles. The van der Waals surface area contributed by atoms with E-state index in [2.05, 4.69) is 68.4 Å². The van der Waals surface area contributed by atoms with Crippen LogP contribution in [0.1, 0.15) is 28.1 Å². The Hall–Kier alpha value is -3.19. The number of halogens is 1. The number of aryl methyl sites for hydroxylation is 3. The lowest BCUT2D eigenvalue weighted by Crippen LogP contribution is -2.32. The fourth-order valence-corrected chi connectivity index (χ4v) is 3.76. The fraction of sp³-hybridized carbons (Fsp3) is 0.174. The molecule has 0 bridgehead atoms. The standard InChI is InChI=1S/C23H23BrN4O2/c1-14-8-15(2)10-21(9-14)28-16(3)11-18(17(28)4)13-25-27-23(30)22(29)26-20-7-5-6-19(24)12-20/h5-13H,1-4H3,(H,26,29)(H,27,30)/b25-13-. The summed E-state index contributed by atoms with van der Waals surface area (Å²) in [5.41, 5.74) is 9.17. The van der Waals surface area contributed by atoms with Crippen molar-refractivity contribution in [3.05, 3.63) is 81.1 Å². The van der Waals surface area contributed by atoms with Crippen LogP contribution < -0.4 is 10.7 Å². The van der Waals surface area contributed by atoms with Crippen molar-refractivity contribution in [2.45, 2.75) is 27.7 Å². The topological polar surface area (TPSA) is 75.5 Å². The van der Waals surface area contributed by atoms with Crippen molar-refractivity contribution < 1.29 is 9.59 Å². The molecule has 0 aliphatic heterocycles. The molecular formula is C23H23BrN4O2. The number of nitrogens with one attached hydrogen (secondary N) is 2. The van der Waals surface area contributed by atoms with Crippen molar-refractivity contribution in [1.82, 2.24) is 9.99 Å². The van der Waals surface area contributed by atoms with Gasteiger partial charge in [-0.2, -0.15) is 5.10 Å². The second kappa shape index (κ2) is 9.09. The lowest BCUT2D eigenvalue weighted by molar-refractivity contribution is -0.136. The van der Waals surface area contributed by atoms with Gasteiger partial charge in [-0.3, -0.25) is 9.59 Å². The summed E-state index contributed by atoms with van der Waals surface area (Å²) in [5.74, 6) is -1.62. The number of anilines is 1. The van der Waals surface area contributed by atoms with E-state index < -0.39 is 11.8 Å². The van der Waals surface area contributed by atoms with Crippen molar-refractivity contribution >= 4 is 39.6 Å². The third-order valence-corrected chi connectivity index (χ3v) is 5.09. The lowest BCUT2D eigenvalue weighted by atomic mass is 10.1. The number of rotatable bonds is 4. The van der Waals surface area contributed by atoms with Crippen LogP contribution in [0.5, 0.6) is 0 Å². The monoisotopic (exact) mass is 466 g/mol. The molecule has 154 valence electrons. The normalized spacial score (nSPS) is 11.0. The van der Waals surface area contributed by atoms with E-state index in [0.717, 1.165) is 27.1 Å². The lowest BCUT2D eigenvalue weighted by Gasteiger charge is -2.11. The molecule has 6 nitrogen and oxygen atoms in total. The molecule has 2 aromatic carbocycles. The van der Waals surface area contributed by atoms with Crippen molar-refractivity contribution in [2.24, 2.45) is 5.10 Å².